The number of halogens is 2. The predicted molar refractivity (Wildman–Crippen MR) is 83.2 cm³/mol. The Morgan fingerprint density at radius 3 is 2.86 bits per heavy atom. The van der Waals surface area contributed by atoms with Gasteiger partial charge in [0.1, 0.15) is 5.82 Å². The zero-order valence-electron chi connectivity index (χ0n) is 12.0. The van der Waals surface area contributed by atoms with E-state index in [1.54, 1.807) is 6.07 Å². The maximum absolute atomic E-state index is 13.1. The van der Waals surface area contributed by atoms with Crippen LogP contribution in [0.4, 0.5) is 4.39 Å². The second-order valence-electron chi connectivity index (χ2n) is 5.03. The molecule has 0 bridgehead atoms. The van der Waals surface area contributed by atoms with E-state index in [1.807, 2.05) is 0 Å². The molecule has 0 aliphatic rings. The Hall–Kier alpha value is -1.27. The van der Waals surface area contributed by atoms with Crippen molar-refractivity contribution in [3.05, 3.63) is 34.4 Å². The highest BCUT2D eigenvalue weighted by molar-refractivity contribution is 9.10. The Balaban J connectivity index is 2.04. The Kier molecular flexibility index (Phi) is 5.87. The van der Waals surface area contributed by atoms with Gasteiger partial charge in [-0.25, -0.2) is 4.39 Å². The van der Waals surface area contributed by atoms with Crippen LogP contribution in [0.1, 0.15) is 32.1 Å². The molecule has 0 saturated carbocycles. The lowest BCUT2D eigenvalue weighted by Crippen LogP contribution is -2.09. The Bertz CT molecular complexity index is 588. The Morgan fingerprint density at radius 1 is 1.38 bits per heavy atom. The third-order valence-electron chi connectivity index (χ3n) is 3.56. The van der Waals surface area contributed by atoms with Gasteiger partial charge in [0.25, 0.3) is 0 Å². The van der Waals surface area contributed by atoms with Crippen LogP contribution in [0.2, 0.25) is 0 Å². The highest BCUT2D eigenvalue weighted by Crippen LogP contribution is 2.27. The number of nitrogens with zero attached hydrogens (tertiary/aromatic N) is 2. The molecule has 1 atom stereocenters. The average Bonchev–Trinajstić information content (AvgIpc) is 2.92. The van der Waals surface area contributed by atoms with Gasteiger partial charge in [-0.1, -0.05) is 18.5 Å². The maximum Gasteiger partial charge on any atom is 0.226 e. The number of benzene rings is 1. The van der Waals surface area contributed by atoms with Crippen molar-refractivity contribution in [2.75, 3.05) is 6.54 Å². The number of hydrogen-bond acceptors (Lipinski definition) is 4. The van der Waals surface area contributed by atoms with Crippen LogP contribution in [-0.2, 0) is 6.42 Å². The fourth-order valence-electron chi connectivity index (χ4n) is 2.25. The largest absolute Gasteiger partial charge is 0.339 e. The van der Waals surface area contributed by atoms with E-state index in [0.717, 1.165) is 31.2 Å². The molecule has 0 aliphatic carbocycles. The molecule has 1 unspecified atom stereocenters. The molecule has 0 aliphatic heterocycles. The van der Waals surface area contributed by atoms with E-state index in [0.29, 0.717) is 28.7 Å². The van der Waals surface area contributed by atoms with Gasteiger partial charge in [-0.05, 0) is 59.4 Å². The van der Waals surface area contributed by atoms with Crippen LogP contribution in [0, 0.1) is 11.7 Å². The fourth-order valence-corrected chi connectivity index (χ4v) is 2.78. The minimum absolute atomic E-state index is 0.304. The van der Waals surface area contributed by atoms with Crippen molar-refractivity contribution >= 4 is 15.9 Å². The number of hydrogen-bond donors (Lipinski definition) is 1. The third-order valence-corrected chi connectivity index (χ3v) is 4.21. The van der Waals surface area contributed by atoms with Gasteiger partial charge >= 0.3 is 0 Å². The molecule has 6 heteroatoms. The lowest BCUT2D eigenvalue weighted by atomic mass is 9.97. The number of nitrogens with two attached hydrogens (primary N) is 1. The summed E-state index contributed by atoms with van der Waals surface area (Å²) in [5, 5.41) is 3.96. The fraction of sp³-hybridized carbons (Fsp3) is 0.467. The molecule has 1 aromatic heterocycles. The van der Waals surface area contributed by atoms with Crippen molar-refractivity contribution in [1.29, 1.82) is 0 Å². The average molecular weight is 356 g/mol. The van der Waals surface area contributed by atoms with Crippen molar-refractivity contribution in [2.45, 2.75) is 32.6 Å². The summed E-state index contributed by atoms with van der Waals surface area (Å²) < 4.78 is 19.0. The Labute approximate surface area is 132 Å². The molecule has 2 N–H and O–H groups in total. The van der Waals surface area contributed by atoms with Crippen LogP contribution in [0.3, 0.4) is 0 Å². The van der Waals surface area contributed by atoms with Gasteiger partial charge in [0.05, 0.1) is 0 Å². The minimum Gasteiger partial charge on any atom is -0.339 e. The van der Waals surface area contributed by atoms with Gasteiger partial charge in [-0.3, -0.25) is 0 Å². The van der Waals surface area contributed by atoms with Gasteiger partial charge in [-0.15, -0.1) is 0 Å². The highest BCUT2D eigenvalue weighted by atomic mass is 79.9. The van der Waals surface area contributed by atoms with Crippen molar-refractivity contribution in [1.82, 2.24) is 10.1 Å². The summed E-state index contributed by atoms with van der Waals surface area (Å²) in [7, 11) is 0. The van der Waals surface area contributed by atoms with Crippen LogP contribution in [0.15, 0.2) is 27.2 Å². The van der Waals surface area contributed by atoms with E-state index in [1.165, 1.54) is 12.1 Å². The standard InChI is InChI=1S/C15H19BrFN3O/c1-2-10(7-8-18)3-6-14-19-15(20-21-14)12-5-4-11(17)9-13(12)16/h4-5,9-10H,2-3,6-8,18H2,1H3. The molecule has 1 aromatic carbocycles. The SMILES string of the molecule is CCC(CCN)CCc1nc(-c2ccc(F)cc2Br)no1. The van der Waals surface area contributed by atoms with Crippen molar-refractivity contribution < 1.29 is 8.91 Å². The molecule has 0 amide bonds. The zero-order chi connectivity index (χ0) is 15.2. The van der Waals surface area contributed by atoms with Gasteiger partial charge < -0.3 is 10.3 Å². The van der Waals surface area contributed by atoms with Gasteiger partial charge in [0.15, 0.2) is 0 Å². The molecule has 0 spiro atoms. The lowest BCUT2D eigenvalue weighted by molar-refractivity contribution is 0.354. The summed E-state index contributed by atoms with van der Waals surface area (Å²) in [6.45, 7) is 2.87. The summed E-state index contributed by atoms with van der Waals surface area (Å²) in [6, 6.07) is 4.40. The van der Waals surface area contributed by atoms with Crippen molar-refractivity contribution in [3.8, 4) is 11.4 Å². The number of aromatic nitrogens is 2. The van der Waals surface area contributed by atoms with Crippen LogP contribution in [0.25, 0.3) is 11.4 Å². The summed E-state index contributed by atoms with van der Waals surface area (Å²) in [5.41, 5.74) is 6.32. The first-order chi connectivity index (χ1) is 10.1. The Morgan fingerprint density at radius 2 is 2.19 bits per heavy atom. The molecule has 0 radical (unpaired) electrons. The normalized spacial score (nSPS) is 12.6. The molecule has 21 heavy (non-hydrogen) atoms. The van der Waals surface area contributed by atoms with E-state index in [4.69, 9.17) is 10.3 Å². The summed E-state index contributed by atoms with van der Waals surface area (Å²) in [5.74, 6) is 1.37. The zero-order valence-corrected chi connectivity index (χ0v) is 13.6. The van der Waals surface area contributed by atoms with E-state index < -0.39 is 0 Å². The monoisotopic (exact) mass is 355 g/mol. The van der Waals surface area contributed by atoms with Gasteiger partial charge in [-0.2, -0.15) is 4.98 Å². The predicted octanol–water partition coefficient (Wildman–Crippen LogP) is 3.95. The molecular formula is C15H19BrFN3O. The lowest BCUT2D eigenvalue weighted by Gasteiger charge is -2.11. The topological polar surface area (TPSA) is 64.9 Å². The first kappa shape index (κ1) is 16.1. The van der Waals surface area contributed by atoms with Gasteiger partial charge in [0.2, 0.25) is 11.7 Å². The first-order valence-electron chi connectivity index (χ1n) is 7.12. The van der Waals surface area contributed by atoms with Crippen LogP contribution in [0.5, 0.6) is 0 Å². The van der Waals surface area contributed by atoms with E-state index in [-0.39, 0.29) is 5.82 Å². The summed E-state index contributed by atoms with van der Waals surface area (Å²) in [6.07, 6.45) is 3.84. The van der Waals surface area contributed by atoms with Crippen LogP contribution in [-0.4, -0.2) is 16.7 Å². The van der Waals surface area contributed by atoms with E-state index >= 15 is 0 Å². The second-order valence-corrected chi connectivity index (χ2v) is 5.88. The molecule has 2 rings (SSSR count). The van der Waals surface area contributed by atoms with E-state index in [9.17, 15) is 4.39 Å². The van der Waals surface area contributed by atoms with Crippen LogP contribution >= 0.6 is 15.9 Å². The molecule has 1 heterocycles. The molecule has 114 valence electrons. The molecule has 0 fully saturated rings. The van der Waals surface area contributed by atoms with Gasteiger partial charge in [0, 0.05) is 16.5 Å². The van der Waals surface area contributed by atoms with E-state index in [2.05, 4.69) is 33.0 Å². The smallest absolute Gasteiger partial charge is 0.226 e. The second kappa shape index (κ2) is 7.66. The quantitative estimate of drug-likeness (QED) is 0.816. The molecule has 4 nitrogen and oxygen atoms in total. The van der Waals surface area contributed by atoms with Crippen LogP contribution < -0.4 is 5.73 Å². The first-order valence-corrected chi connectivity index (χ1v) is 7.91. The number of rotatable bonds is 7. The molecule has 0 saturated heterocycles. The molecular weight excluding hydrogens is 337 g/mol. The number of aryl methyl sites for hydroxylation is 1. The highest BCUT2D eigenvalue weighted by Gasteiger charge is 2.13. The third kappa shape index (κ3) is 4.35. The summed E-state index contributed by atoms with van der Waals surface area (Å²) in [4.78, 5) is 4.38. The minimum atomic E-state index is -0.304. The molecule has 2 aromatic rings. The van der Waals surface area contributed by atoms with Crippen molar-refractivity contribution in [3.63, 3.8) is 0 Å². The maximum atomic E-state index is 13.1. The van der Waals surface area contributed by atoms with Crippen molar-refractivity contribution in [2.24, 2.45) is 11.7 Å². The summed E-state index contributed by atoms with van der Waals surface area (Å²) >= 11 is 3.31.